The number of ether oxygens (including phenoxy) is 2. The molecular weight excluding hydrogens is 306 g/mol. The largest absolute Gasteiger partial charge is 0.489 e. The molecule has 0 saturated heterocycles. The van der Waals surface area contributed by atoms with Gasteiger partial charge >= 0.3 is 11.9 Å². The van der Waals surface area contributed by atoms with Crippen LogP contribution in [0.1, 0.15) is 16.7 Å². The van der Waals surface area contributed by atoms with Gasteiger partial charge < -0.3 is 14.4 Å². The van der Waals surface area contributed by atoms with Crippen LogP contribution in [0.5, 0.6) is 5.75 Å². The van der Waals surface area contributed by atoms with Gasteiger partial charge in [0.05, 0.1) is 7.11 Å². The van der Waals surface area contributed by atoms with Gasteiger partial charge in [-0.1, -0.05) is 36.4 Å². The Balaban J connectivity index is 1.65. The van der Waals surface area contributed by atoms with Crippen LogP contribution in [0, 0.1) is 0 Å². The maximum Gasteiger partial charge on any atom is 0.396 e. The molecule has 124 valence electrons. The fourth-order valence-electron chi connectivity index (χ4n) is 2.75. The lowest BCUT2D eigenvalue weighted by atomic mass is 9.99. The second kappa shape index (κ2) is 7.17. The quantitative estimate of drug-likeness (QED) is 0.642. The lowest BCUT2D eigenvalue weighted by Crippen LogP contribution is -2.40. The molecule has 0 bridgehead atoms. The number of nitrogens with zero attached hydrogens (tertiary/aromatic N) is 1. The van der Waals surface area contributed by atoms with Gasteiger partial charge in [0.1, 0.15) is 12.4 Å². The van der Waals surface area contributed by atoms with Gasteiger partial charge in [-0.15, -0.1) is 0 Å². The topological polar surface area (TPSA) is 55.8 Å². The fraction of sp³-hybridized carbons (Fsp3) is 0.263. The first kappa shape index (κ1) is 16.1. The number of carbonyl (C=O) groups is 2. The van der Waals surface area contributed by atoms with Crippen LogP contribution >= 0.6 is 0 Å². The van der Waals surface area contributed by atoms with Gasteiger partial charge in [0.25, 0.3) is 0 Å². The molecule has 0 N–H and O–H groups in total. The van der Waals surface area contributed by atoms with Crippen molar-refractivity contribution in [2.24, 2.45) is 0 Å². The lowest BCUT2D eigenvalue weighted by Gasteiger charge is -2.28. The minimum Gasteiger partial charge on any atom is -0.489 e. The highest BCUT2D eigenvalue weighted by Crippen LogP contribution is 2.24. The highest BCUT2D eigenvalue weighted by Gasteiger charge is 2.26. The molecule has 3 rings (SSSR count). The predicted octanol–water partition coefficient (Wildman–Crippen LogP) is 2.32. The number of carbonyl (C=O) groups excluding carboxylic acids is 2. The zero-order valence-corrected chi connectivity index (χ0v) is 13.5. The Bertz CT molecular complexity index is 742. The van der Waals surface area contributed by atoms with Gasteiger partial charge in [-0.25, -0.2) is 4.79 Å². The van der Waals surface area contributed by atoms with E-state index >= 15 is 0 Å². The number of esters is 1. The van der Waals surface area contributed by atoms with E-state index < -0.39 is 11.9 Å². The van der Waals surface area contributed by atoms with Gasteiger partial charge in [-0.2, -0.15) is 0 Å². The van der Waals surface area contributed by atoms with Crippen molar-refractivity contribution in [1.29, 1.82) is 0 Å². The summed E-state index contributed by atoms with van der Waals surface area (Å²) in [7, 11) is 1.22. The van der Waals surface area contributed by atoms with Gasteiger partial charge in [-0.3, -0.25) is 4.79 Å². The zero-order chi connectivity index (χ0) is 16.9. The molecule has 1 amide bonds. The van der Waals surface area contributed by atoms with Crippen molar-refractivity contribution >= 4 is 11.9 Å². The number of hydrogen-bond acceptors (Lipinski definition) is 4. The second-order valence-electron chi connectivity index (χ2n) is 5.67. The summed E-state index contributed by atoms with van der Waals surface area (Å²) in [6, 6.07) is 15.8. The molecule has 0 aliphatic carbocycles. The number of amides is 1. The third-order valence-electron chi connectivity index (χ3n) is 4.09. The summed E-state index contributed by atoms with van der Waals surface area (Å²) in [6.07, 6.45) is 0.695. The lowest BCUT2D eigenvalue weighted by molar-refractivity contribution is -0.158. The van der Waals surface area contributed by atoms with Crippen LogP contribution in [-0.2, 0) is 33.9 Å². The van der Waals surface area contributed by atoms with Gasteiger partial charge in [0.2, 0.25) is 0 Å². The number of rotatable bonds is 3. The summed E-state index contributed by atoms with van der Waals surface area (Å²) in [5, 5.41) is 0. The molecule has 0 atom stereocenters. The zero-order valence-electron chi connectivity index (χ0n) is 13.5. The molecule has 5 nitrogen and oxygen atoms in total. The van der Waals surface area contributed by atoms with Crippen molar-refractivity contribution in [3.05, 3.63) is 65.2 Å². The summed E-state index contributed by atoms with van der Waals surface area (Å²) in [6.45, 7) is 1.44. The third kappa shape index (κ3) is 3.56. The van der Waals surface area contributed by atoms with Crippen molar-refractivity contribution in [3.8, 4) is 5.75 Å². The van der Waals surface area contributed by atoms with E-state index in [1.165, 1.54) is 12.0 Å². The Kier molecular flexibility index (Phi) is 4.79. The molecule has 0 unspecified atom stereocenters. The molecule has 2 aromatic carbocycles. The maximum atomic E-state index is 11.9. The summed E-state index contributed by atoms with van der Waals surface area (Å²) >= 11 is 0. The molecule has 5 heteroatoms. The molecule has 2 aromatic rings. The summed E-state index contributed by atoms with van der Waals surface area (Å²) in [4.78, 5) is 24.8. The number of hydrogen-bond donors (Lipinski definition) is 0. The van der Waals surface area contributed by atoms with Crippen LogP contribution < -0.4 is 4.74 Å². The first-order chi connectivity index (χ1) is 11.7. The average molecular weight is 325 g/mol. The normalized spacial score (nSPS) is 13.1. The van der Waals surface area contributed by atoms with E-state index in [2.05, 4.69) is 4.74 Å². The van der Waals surface area contributed by atoms with E-state index in [1.54, 1.807) is 0 Å². The highest BCUT2D eigenvalue weighted by atomic mass is 16.5. The van der Waals surface area contributed by atoms with E-state index in [-0.39, 0.29) is 0 Å². The predicted molar refractivity (Wildman–Crippen MR) is 88.4 cm³/mol. The van der Waals surface area contributed by atoms with E-state index in [9.17, 15) is 9.59 Å². The number of benzene rings is 2. The minimum absolute atomic E-state index is 0.419. The first-order valence-electron chi connectivity index (χ1n) is 7.83. The summed E-state index contributed by atoms with van der Waals surface area (Å²) in [5.41, 5.74) is 3.30. The van der Waals surface area contributed by atoms with Crippen molar-refractivity contribution in [2.45, 2.75) is 19.6 Å². The summed E-state index contributed by atoms with van der Waals surface area (Å²) in [5.74, 6) is -0.598. The van der Waals surface area contributed by atoms with E-state index in [4.69, 9.17) is 4.74 Å². The molecule has 1 aliphatic rings. The van der Waals surface area contributed by atoms with Crippen molar-refractivity contribution in [3.63, 3.8) is 0 Å². The van der Waals surface area contributed by atoms with E-state index in [1.807, 2.05) is 48.5 Å². The Morgan fingerprint density at radius 1 is 1.08 bits per heavy atom. The van der Waals surface area contributed by atoms with Gasteiger partial charge in [0, 0.05) is 13.1 Å². The molecule has 0 radical (unpaired) electrons. The summed E-state index contributed by atoms with van der Waals surface area (Å²) < 4.78 is 10.3. The Labute approximate surface area is 140 Å². The maximum absolute atomic E-state index is 11.9. The second-order valence-corrected chi connectivity index (χ2v) is 5.67. The number of methoxy groups -OCH3 is 1. The van der Waals surface area contributed by atoms with Crippen LogP contribution in [0.25, 0.3) is 0 Å². The molecule has 0 saturated carbocycles. The molecule has 1 heterocycles. The molecular formula is C19H19NO4. The Morgan fingerprint density at radius 3 is 2.62 bits per heavy atom. The van der Waals surface area contributed by atoms with Crippen LogP contribution in [0.4, 0.5) is 0 Å². The van der Waals surface area contributed by atoms with Gasteiger partial charge in [0.15, 0.2) is 0 Å². The average Bonchev–Trinajstić information content (AvgIpc) is 2.65. The Hall–Kier alpha value is -2.82. The van der Waals surface area contributed by atoms with Crippen molar-refractivity contribution in [1.82, 2.24) is 4.90 Å². The van der Waals surface area contributed by atoms with Gasteiger partial charge in [-0.05, 0) is 35.2 Å². The SMILES string of the molecule is COC(=O)C(=O)N1CCc2cc(OCc3ccccc3)ccc2C1. The van der Waals surface area contributed by atoms with Crippen LogP contribution in [0.2, 0.25) is 0 Å². The molecule has 0 fully saturated rings. The molecule has 0 spiro atoms. The van der Waals surface area contributed by atoms with Crippen molar-refractivity contribution in [2.75, 3.05) is 13.7 Å². The molecule has 1 aliphatic heterocycles. The molecule has 0 aromatic heterocycles. The van der Waals surface area contributed by atoms with Crippen molar-refractivity contribution < 1.29 is 19.1 Å². The van der Waals surface area contributed by atoms with E-state index in [0.717, 1.165) is 22.4 Å². The minimum atomic E-state index is -0.818. The van der Waals surface area contributed by atoms with Crippen LogP contribution in [-0.4, -0.2) is 30.4 Å². The standard InChI is InChI=1S/C19H19NO4/c1-23-19(22)18(21)20-10-9-15-11-17(8-7-16(15)12-20)24-13-14-5-3-2-4-6-14/h2-8,11H,9-10,12-13H2,1H3. The third-order valence-corrected chi connectivity index (χ3v) is 4.09. The highest BCUT2D eigenvalue weighted by molar-refractivity contribution is 6.32. The Morgan fingerprint density at radius 2 is 1.88 bits per heavy atom. The fourth-order valence-corrected chi connectivity index (χ4v) is 2.75. The van der Waals surface area contributed by atoms with Crippen LogP contribution in [0.3, 0.4) is 0 Å². The first-order valence-corrected chi connectivity index (χ1v) is 7.83. The van der Waals surface area contributed by atoms with Crippen LogP contribution in [0.15, 0.2) is 48.5 Å². The number of fused-ring (bicyclic) bond motifs is 1. The monoisotopic (exact) mass is 325 g/mol. The van der Waals surface area contributed by atoms with E-state index in [0.29, 0.717) is 26.1 Å². The molecule has 24 heavy (non-hydrogen) atoms. The smallest absolute Gasteiger partial charge is 0.396 e.